The molecule has 0 amide bonds. The van der Waals surface area contributed by atoms with Gasteiger partial charge in [-0.2, -0.15) is 0 Å². The lowest BCUT2D eigenvalue weighted by Gasteiger charge is -2.21. The third-order valence-electron chi connectivity index (χ3n) is 3.97. The Bertz CT molecular complexity index is 628. The summed E-state index contributed by atoms with van der Waals surface area (Å²) in [5, 5.41) is 9.76. The lowest BCUT2D eigenvalue weighted by molar-refractivity contribution is 0.646. The van der Waals surface area contributed by atoms with Crippen LogP contribution in [0.3, 0.4) is 0 Å². The topological polar surface area (TPSA) is 24.1 Å². The highest BCUT2D eigenvalue weighted by atomic mass is 32.1. The predicted molar refractivity (Wildman–Crippen MR) is 103 cm³/mol. The minimum atomic E-state index is 0.127. The van der Waals surface area contributed by atoms with Crippen molar-refractivity contribution in [1.29, 1.82) is 0 Å². The van der Waals surface area contributed by atoms with Crippen LogP contribution >= 0.6 is 23.6 Å². The third-order valence-corrected chi connectivity index (χ3v) is 5.15. The minimum absolute atomic E-state index is 0.127. The molecule has 1 aliphatic rings. The van der Waals surface area contributed by atoms with E-state index in [4.69, 9.17) is 12.2 Å². The normalized spacial score (nSPS) is 15.4. The highest BCUT2D eigenvalue weighted by Gasteiger charge is 2.23. The van der Waals surface area contributed by atoms with Crippen molar-refractivity contribution in [3.8, 4) is 0 Å². The first kappa shape index (κ1) is 16.5. The lowest BCUT2D eigenvalue weighted by atomic mass is 9.99. The summed E-state index contributed by atoms with van der Waals surface area (Å²) in [6, 6.07) is 13.9. The molecule has 1 aromatic heterocycles. The standard InChI is InChI=1S/C19H24N2S2/c1-13(2)12-14-5-7-15(8-6-14)18(17-4-3-11-23-17)21-19(22)20-16-9-10-16/h3-8,11,13,16,18H,9-10,12H2,1-2H3,(H2,20,21,22)/t18-/m1/s1. The van der Waals surface area contributed by atoms with Gasteiger partial charge in [-0.15, -0.1) is 11.3 Å². The Morgan fingerprint density at radius 2 is 1.96 bits per heavy atom. The van der Waals surface area contributed by atoms with Crippen molar-refractivity contribution in [2.24, 2.45) is 5.92 Å². The van der Waals surface area contributed by atoms with Crippen LogP contribution in [0.2, 0.25) is 0 Å². The van der Waals surface area contributed by atoms with E-state index in [0.717, 1.165) is 11.5 Å². The van der Waals surface area contributed by atoms with Crippen molar-refractivity contribution in [1.82, 2.24) is 10.6 Å². The van der Waals surface area contributed by atoms with Gasteiger partial charge in [0.2, 0.25) is 0 Å². The molecule has 2 nitrogen and oxygen atoms in total. The van der Waals surface area contributed by atoms with Gasteiger partial charge in [0.05, 0.1) is 6.04 Å². The van der Waals surface area contributed by atoms with Crippen LogP contribution < -0.4 is 10.6 Å². The van der Waals surface area contributed by atoms with Gasteiger partial charge in [-0.3, -0.25) is 0 Å². The van der Waals surface area contributed by atoms with E-state index in [2.05, 4.69) is 66.3 Å². The summed E-state index contributed by atoms with van der Waals surface area (Å²) in [5.41, 5.74) is 2.66. The van der Waals surface area contributed by atoms with Crippen LogP contribution in [0.4, 0.5) is 0 Å². The lowest BCUT2D eigenvalue weighted by Crippen LogP contribution is -2.39. The molecule has 0 aliphatic heterocycles. The quantitative estimate of drug-likeness (QED) is 0.745. The second-order valence-corrected chi connectivity index (χ2v) is 8.07. The molecule has 1 atom stereocenters. The Hall–Kier alpha value is -1.39. The maximum atomic E-state index is 5.49. The maximum Gasteiger partial charge on any atom is 0.167 e. The molecular weight excluding hydrogens is 320 g/mol. The van der Waals surface area contributed by atoms with Crippen LogP contribution in [0.5, 0.6) is 0 Å². The molecule has 3 rings (SSSR count). The Kier molecular flexibility index (Phi) is 5.34. The van der Waals surface area contributed by atoms with Gasteiger partial charge in [0.15, 0.2) is 5.11 Å². The Labute approximate surface area is 148 Å². The van der Waals surface area contributed by atoms with Crippen molar-refractivity contribution < 1.29 is 0 Å². The van der Waals surface area contributed by atoms with E-state index in [0.29, 0.717) is 12.0 Å². The summed E-state index contributed by atoms with van der Waals surface area (Å²) in [6.07, 6.45) is 3.59. The van der Waals surface area contributed by atoms with Gasteiger partial charge in [-0.25, -0.2) is 0 Å². The number of thiocarbonyl (C=S) groups is 1. The zero-order valence-corrected chi connectivity index (χ0v) is 15.3. The Balaban J connectivity index is 1.75. The summed E-state index contributed by atoms with van der Waals surface area (Å²) >= 11 is 7.25. The molecule has 0 saturated heterocycles. The first-order chi connectivity index (χ1) is 11.1. The predicted octanol–water partition coefficient (Wildman–Crippen LogP) is 4.66. The van der Waals surface area contributed by atoms with E-state index in [1.807, 2.05) is 0 Å². The molecule has 1 fully saturated rings. The van der Waals surface area contributed by atoms with Gasteiger partial charge >= 0.3 is 0 Å². The van der Waals surface area contributed by atoms with Gasteiger partial charge in [0, 0.05) is 10.9 Å². The second-order valence-electron chi connectivity index (χ2n) is 6.68. The Morgan fingerprint density at radius 1 is 1.22 bits per heavy atom. The highest BCUT2D eigenvalue weighted by molar-refractivity contribution is 7.80. The average molecular weight is 345 g/mol. The third kappa shape index (κ3) is 4.79. The van der Waals surface area contributed by atoms with Crippen LogP contribution in [-0.4, -0.2) is 11.2 Å². The molecule has 1 heterocycles. The molecule has 1 aromatic carbocycles. The molecule has 0 spiro atoms. The fraction of sp³-hybridized carbons (Fsp3) is 0.421. The molecule has 0 radical (unpaired) electrons. The van der Waals surface area contributed by atoms with E-state index >= 15 is 0 Å². The number of benzene rings is 1. The minimum Gasteiger partial charge on any atom is -0.360 e. The van der Waals surface area contributed by atoms with Crippen molar-refractivity contribution in [2.75, 3.05) is 0 Å². The summed E-state index contributed by atoms with van der Waals surface area (Å²) in [4.78, 5) is 1.29. The number of thiophene rings is 1. The van der Waals surface area contributed by atoms with Gasteiger partial charge in [-0.1, -0.05) is 44.2 Å². The summed E-state index contributed by atoms with van der Waals surface area (Å²) in [5.74, 6) is 0.683. The SMILES string of the molecule is CC(C)Cc1ccc([C@@H](NC(=S)NC2CC2)c2cccs2)cc1. The molecule has 0 bridgehead atoms. The van der Waals surface area contributed by atoms with Crippen molar-refractivity contribution in [2.45, 2.75) is 45.2 Å². The number of rotatable bonds is 6. The van der Waals surface area contributed by atoms with Crippen LogP contribution in [0.25, 0.3) is 0 Å². The zero-order valence-electron chi connectivity index (χ0n) is 13.7. The van der Waals surface area contributed by atoms with Crippen molar-refractivity contribution >= 4 is 28.7 Å². The second kappa shape index (κ2) is 7.45. The van der Waals surface area contributed by atoms with Gasteiger partial charge in [0.25, 0.3) is 0 Å². The molecule has 23 heavy (non-hydrogen) atoms. The number of hydrogen-bond acceptors (Lipinski definition) is 2. The van der Waals surface area contributed by atoms with Crippen LogP contribution in [0.1, 0.15) is 48.7 Å². The first-order valence-corrected chi connectivity index (χ1v) is 9.60. The molecule has 122 valence electrons. The smallest absolute Gasteiger partial charge is 0.167 e. The fourth-order valence-corrected chi connectivity index (χ4v) is 3.76. The van der Waals surface area contributed by atoms with Gasteiger partial charge in [0.1, 0.15) is 0 Å². The highest BCUT2D eigenvalue weighted by Crippen LogP contribution is 2.27. The van der Waals surface area contributed by atoms with Crippen LogP contribution in [0.15, 0.2) is 41.8 Å². The molecule has 2 aromatic rings. The number of nitrogens with one attached hydrogen (secondary N) is 2. The summed E-state index contributed by atoms with van der Waals surface area (Å²) in [7, 11) is 0. The summed E-state index contributed by atoms with van der Waals surface area (Å²) in [6.45, 7) is 4.51. The van der Waals surface area contributed by atoms with Gasteiger partial charge < -0.3 is 10.6 Å². The van der Waals surface area contributed by atoms with E-state index in [-0.39, 0.29) is 6.04 Å². The van der Waals surface area contributed by atoms with E-state index in [1.165, 1.54) is 28.8 Å². The van der Waals surface area contributed by atoms with Gasteiger partial charge in [-0.05, 0) is 60.0 Å². The molecule has 1 saturated carbocycles. The first-order valence-electron chi connectivity index (χ1n) is 8.31. The van der Waals surface area contributed by atoms with E-state index < -0.39 is 0 Å². The maximum absolute atomic E-state index is 5.49. The molecule has 4 heteroatoms. The molecule has 2 N–H and O–H groups in total. The van der Waals surface area contributed by atoms with Crippen LogP contribution in [0, 0.1) is 5.92 Å². The van der Waals surface area contributed by atoms with Crippen LogP contribution in [-0.2, 0) is 6.42 Å². The summed E-state index contributed by atoms with van der Waals surface area (Å²) < 4.78 is 0. The monoisotopic (exact) mass is 344 g/mol. The van der Waals surface area contributed by atoms with E-state index in [9.17, 15) is 0 Å². The Morgan fingerprint density at radius 3 is 2.52 bits per heavy atom. The number of hydrogen-bond donors (Lipinski definition) is 2. The molecule has 1 aliphatic carbocycles. The molecular formula is C19H24N2S2. The molecule has 0 unspecified atom stereocenters. The van der Waals surface area contributed by atoms with Crippen molar-refractivity contribution in [3.05, 3.63) is 57.8 Å². The average Bonchev–Trinajstić information content (AvgIpc) is 3.15. The zero-order chi connectivity index (χ0) is 16.2. The largest absolute Gasteiger partial charge is 0.360 e. The van der Waals surface area contributed by atoms with Crippen molar-refractivity contribution in [3.63, 3.8) is 0 Å². The van der Waals surface area contributed by atoms with E-state index in [1.54, 1.807) is 11.3 Å². The fourth-order valence-electron chi connectivity index (χ4n) is 2.68.